The lowest BCUT2D eigenvalue weighted by atomic mass is 9.72. The molecular weight excluding hydrogens is 480 g/mol. The molecule has 6 heteroatoms. The quantitative estimate of drug-likeness (QED) is 0.386. The van der Waals surface area contributed by atoms with Crippen molar-refractivity contribution in [3.05, 3.63) is 35.5 Å². The first-order chi connectivity index (χ1) is 15.4. The van der Waals surface area contributed by atoms with Crippen molar-refractivity contribution in [1.82, 2.24) is 9.47 Å². The number of hydrogen-bond acceptors (Lipinski definition) is 4. The van der Waals surface area contributed by atoms with Crippen LogP contribution in [0, 0.1) is 5.92 Å². The molecule has 33 heavy (non-hydrogen) atoms. The van der Waals surface area contributed by atoms with Crippen LogP contribution in [0.25, 0.3) is 10.9 Å². The van der Waals surface area contributed by atoms with Gasteiger partial charge in [0.05, 0.1) is 12.0 Å². The summed E-state index contributed by atoms with van der Waals surface area (Å²) in [6, 6.07) is 7.64. The molecule has 0 N–H and O–H groups in total. The molecule has 5 nitrogen and oxygen atoms in total. The minimum atomic E-state index is -0.0786. The number of fused-ring (bicyclic) bond motifs is 2. The molecule has 0 spiro atoms. The summed E-state index contributed by atoms with van der Waals surface area (Å²) in [6.07, 6.45) is 6.33. The molecule has 4 rings (SSSR count). The number of piperidine rings is 1. The molecule has 4 atom stereocenters. The van der Waals surface area contributed by atoms with E-state index in [0.29, 0.717) is 31.2 Å². The van der Waals surface area contributed by atoms with Gasteiger partial charge in [-0.05, 0) is 70.2 Å². The standard InChI is InChI=1S/C27H40N2O3.BrH/c1-6-11-28-15-21(27(30)32-17-19(5)31-12-7-2)13-23-22-9-8-10-24-26(22)20(14-25(23)28)16-29(24)18(3)4;/h8-10,16,18-19,21,23,25H,6-7,11-15,17H2,1-5H3;1H/t19?,21?,23-,25-;/m1./s1. The normalized spacial score (nSPS) is 23.3. The third-order valence-corrected chi connectivity index (χ3v) is 7.19. The van der Waals surface area contributed by atoms with E-state index in [1.165, 1.54) is 22.0 Å². The minimum absolute atomic E-state index is 0. The fraction of sp³-hybridized carbons (Fsp3) is 0.667. The summed E-state index contributed by atoms with van der Waals surface area (Å²) in [4.78, 5) is 15.6. The summed E-state index contributed by atoms with van der Waals surface area (Å²) < 4.78 is 13.8. The summed E-state index contributed by atoms with van der Waals surface area (Å²) >= 11 is 0. The van der Waals surface area contributed by atoms with E-state index in [1.54, 1.807) is 0 Å². The highest BCUT2D eigenvalue weighted by Gasteiger charge is 2.43. The molecule has 2 aliphatic rings. The summed E-state index contributed by atoms with van der Waals surface area (Å²) in [5, 5.41) is 1.43. The summed E-state index contributed by atoms with van der Waals surface area (Å²) in [5.41, 5.74) is 4.22. The van der Waals surface area contributed by atoms with Crippen molar-refractivity contribution in [1.29, 1.82) is 0 Å². The van der Waals surface area contributed by atoms with Crippen molar-refractivity contribution in [2.24, 2.45) is 5.92 Å². The van der Waals surface area contributed by atoms with Gasteiger partial charge >= 0.3 is 5.97 Å². The van der Waals surface area contributed by atoms with Gasteiger partial charge in [-0.25, -0.2) is 0 Å². The average molecular weight is 522 g/mol. The average Bonchev–Trinajstić information content (AvgIpc) is 3.16. The number of aromatic nitrogens is 1. The minimum Gasteiger partial charge on any atom is -0.463 e. The third kappa shape index (κ3) is 5.33. The van der Waals surface area contributed by atoms with E-state index in [4.69, 9.17) is 9.47 Å². The molecule has 2 aromatic rings. The van der Waals surface area contributed by atoms with Gasteiger partial charge in [0.15, 0.2) is 0 Å². The Kier molecular flexibility index (Phi) is 9.04. The summed E-state index contributed by atoms with van der Waals surface area (Å²) in [5.74, 6) is 0.236. The van der Waals surface area contributed by atoms with Crippen LogP contribution in [-0.4, -0.2) is 53.9 Å². The molecule has 1 fully saturated rings. The van der Waals surface area contributed by atoms with Gasteiger partial charge in [-0.15, -0.1) is 17.0 Å². The molecule has 1 aliphatic carbocycles. The molecular formula is C27H41BrN2O3. The Morgan fingerprint density at radius 3 is 2.67 bits per heavy atom. The van der Waals surface area contributed by atoms with E-state index in [2.05, 4.69) is 61.6 Å². The maximum atomic E-state index is 13.1. The largest absolute Gasteiger partial charge is 0.463 e. The second kappa shape index (κ2) is 11.4. The van der Waals surface area contributed by atoms with Gasteiger partial charge in [-0.2, -0.15) is 0 Å². The number of rotatable bonds is 9. The van der Waals surface area contributed by atoms with Gasteiger partial charge in [0, 0.05) is 48.3 Å². The van der Waals surface area contributed by atoms with E-state index in [0.717, 1.165) is 38.8 Å². The second-order valence-electron chi connectivity index (χ2n) is 10.0. The zero-order valence-corrected chi connectivity index (χ0v) is 22.6. The second-order valence-corrected chi connectivity index (χ2v) is 10.0. The maximum absolute atomic E-state index is 13.1. The Morgan fingerprint density at radius 2 is 1.97 bits per heavy atom. The molecule has 0 bridgehead atoms. The molecule has 184 valence electrons. The van der Waals surface area contributed by atoms with Crippen LogP contribution >= 0.6 is 17.0 Å². The van der Waals surface area contributed by atoms with Crippen LogP contribution in [0.2, 0.25) is 0 Å². The predicted molar refractivity (Wildman–Crippen MR) is 140 cm³/mol. The van der Waals surface area contributed by atoms with Gasteiger partial charge in [0.2, 0.25) is 0 Å². The third-order valence-electron chi connectivity index (χ3n) is 7.19. The van der Waals surface area contributed by atoms with Gasteiger partial charge < -0.3 is 14.0 Å². The highest BCUT2D eigenvalue weighted by Crippen LogP contribution is 2.46. The number of carbonyl (C=O) groups is 1. The molecule has 2 unspecified atom stereocenters. The van der Waals surface area contributed by atoms with E-state index in [1.807, 2.05) is 6.92 Å². The van der Waals surface area contributed by atoms with Crippen molar-refractivity contribution in [2.75, 3.05) is 26.3 Å². The van der Waals surface area contributed by atoms with Gasteiger partial charge in [-0.3, -0.25) is 9.69 Å². The Bertz CT molecular complexity index is 941. The lowest BCUT2D eigenvalue weighted by Crippen LogP contribution is -2.52. The molecule has 1 aliphatic heterocycles. The molecule has 0 amide bonds. The van der Waals surface area contributed by atoms with Crippen LogP contribution in [0.5, 0.6) is 0 Å². The molecule has 2 heterocycles. The highest BCUT2D eigenvalue weighted by atomic mass is 79.9. The molecule has 0 radical (unpaired) electrons. The van der Waals surface area contributed by atoms with E-state index >= 15 is 0 Å². The zero-order valence-electron chi connectivity index (χ0n) is 20.9. The lowest BCUT2D eigenvalue weighted by Gasteiger charge is -2.46. The predicted octanol–water partition coefficient (Wildman–Crippen LogP) is 5.90. The van der Waals surface area contributed by atoms with Gasteiger partial charge in [-0.1, -0.05) is 26.0 Å². The SMILES string of the molecule is Br.CCCOC(C)COC(=O)C1C[C@@H]2c3cccc4c3c(cn4C(C)C)C[C@H]2N(CCC)C1. The number of carbonyl (C=O) groups excluding carboxylic acids is 1. The summed E-state index contributed by atoms with van der Waals surface area (Å²) in [7, 11) is 0. The smallest absolute Gasteiger partial charge is 0.310 e. The molecule has 1 saturated heterocycles. The van der Waals surface area contributed by atoms with Crippen molar-refractivity contribution < 1.29 is 14.3 Å². The Labute approximate surface area is 209 Å². The number of hydrogen-bond donors (Lipinski definition) is 0. The van der Waals surface area contributed by atoms with Crippen LogP contribution in [0.3, 0.4) is 0 Å². The lowest BCUT2D eigenvalue weighted by molar-refractivity contribution is -0.155. The fourth-order valence-corrected chi connectivity index (χ4v) is 5.76. The Hall–Kier alpha value is -1.37. The van der Waals surface area contributed by atoms with E-state index < -0.39 is 0 Å². The van der Waals surface area contributed by atoms with Crippen molar-refractivity contribution in [3.8, 4) is 0 Å². The van der Waals surface area contributed by atoms with E-state index in [9.17, 15) is 4.79 Å². The van der Waals surface area contributed by atoms with Crippen LogP contribution in [0.15, 0.2) is 24.4 Å². The van der Waals surface area contributed by atoms with Gasteiger partial charge in [0.1, 0.15) is 6.61 Å². The molecule has 1 aromatic carbocycles. The first kappa shape index (κ1) is 26.2. The maximum Gasteiger partial charge on any atom is 0.310 e. The number of halogens is 1. The highest BCUT2D eigenvalue weighted by molar-refractivity contribution is 8.93. The van der Waals surface area contributed by atoms with Crippen LogP contribution < -0.4 is 0 Å². The number of esters is 1. The zero-order chi connectivity index (χ0) is 22.8. The van der Waals surface area contributed by atoms with Crippen LogP contribution in [0.4, 0.5) is 0 Å². The van der Waals surface area contributed by atoms with Crippen LogP contribution in [-0.2, 0) is 20.7 Å². The van der Waals surface area contributed by atoms with Crippen molar-refractivity contribution in [2.45, 2.75) is 84.4 Å². The van der Waals surface area contributed by atoms with E-state index in [-0.39, 0.29) is 35.0 Å². The topological polar surface area (TPSA) is 43.7 Å². The van der Waals surface area contributed by atoms with Gasteiger partial charge in [0.25, 0.3) is 0 Å². The number of benzene rings is 1. The molecule has 1 aromatic heterocycles. The molecule has 0 saturated carbocycles. The first-order valence-electron chi connectivity index (χ1n) is 12.6. The Morgan fingerprint density at radius 1 is 1.18 bits per heavy atom. The Balaban J connectivity index is 0.00000306. The fourth-order valence-electron chi connectivity index (χ4n) is 5.76. The number of nitrogens with zero attached hydrogens (tertiary/aromatic N) is 2. The monoisotopic (exact) mass is 520 g/mol. The number of ether oxygens (including phenoxy) is 2. The van der Waals surface area contributed by atoms with Crippen molar-refractivity contribution in [3.63, 3.8) is 0 Å². The summed E-state index contributed by atoms with van der Waals surface area (Å²) in [6.45, 7) is 13.7. The first-order valence-corrected chi connectivity index (χ1v) is 12.6. The van der Waals surface area contributed by atoms with Crippen LogP contribution in [0.1, 0.15) is 77.0 Å². The number of likely N-dealkylation sites (tertiary alicyclic amines) is 1. The van der Waals surface area contributed by atoms with Crippen molar-refractivity contribution >= 4 is 33.9 Å².